The minimum absolute atomic E-state index is 0.414. The molecule has 0 aliphatic carbocycles. The lowest BCUT2D eigenvalue weighted by molar-refractivity contribution is 0.100. The number of nitrogens with zero attached hydrogens (tertiary/aromatic N) is 2. The molecule has 1 aromatic carbocycles. The summed E-state index contributed by atoms with van der Waals surface area (Å²) in [6.45, 7) is 0.902. The molecule has 0 spiro atoms. The van der Waals surface area contributed by atoms with Crippen molar-refractivity contribution in [1.82, 2.24) is 9.78 Å². The number of aromatic nitrogens is 2. The molecule has 1 atom stereocenters. The van der Waals surface area contributed by atoms with Gasteiger partial charge in [0, 0.05) is 29.1 Å². The van der Waals surface area contributed by atoms with E-state index in [4.69, 9.17) is 5.73 Å². The zero-order valence-corrected chi connectivity index (χ0v) is 14.2. The first-order valence-corrected chi connectivity index (χ1v) is 10.2. The average molecular weight is 335 g/mol. The molecule has 1 fully saturated rings. The van der Waals surface area contributed by atoms with Gasteiger partial charge >= 0.3 is 0 Å². The molecule has 2 aromatic rings. The van der Waals surface area contributed by atoms with Crippen LogP contribution < -0.4 is 5.73 Å². The van der Waals surface area contributed by atoms with E-state index in [2.05, 4.69) is 15.9 Å². The minimum Gasteiger partial charge on any atom is -0.366 e. The Morgan fingerprint density at radius 1 is 1.36 bits per heavy atom. The molecule has 2 heterocycles. The molecule has 1 aliphatic heterocycles. The van der Waals surface area contributed by atoms with Crippen molar-refractivity contribution < 1.29 is 4.79 Å². The van der Waals surface area contributed by atoms with Gasteiger partial charge in [-0.2, -0.15) is 5.10 Å². The summed E-state index contributed by atoms with van der Waals surface area (Å²) in [4.78, 5) is 11.4. The van der Waals surface area contributed by atoms with Gasteiger partial charge in [-0.25, -0.2) is 0 Å². The number of aryl methyl sites for hydroxylation is 1. The second-order valence-electron chi connectivity index (χ2n) is 5.68. The van der Waals surface area contributed by atoms with Crippen molar-refractivity contribution in [3.8, 4) is 0 Å². The molecule has 3 rings (SSSR count). The van der Waals surface area contributed by atoms with Gasteiger partial charge in [0.2, 0.25) is 0 Å². The predicted octanol–water partition coefficient (Wildman–Crippen LogP) is 3.85. The molecule has 4 nitrogen and oxygen atoms in total. The first kappa shape index (κ1) is 15.7. The van der Waals surface area contributed by atoms with Crippen LogP contribution in [0.3, 0.4) is 0 Å². The zero-order chi connectivity index (χ0) is 15.4. The van der Waals surface area contributed by atoms with Crippen LogP contribution in [0.1, 0.15) is 42.5 Å². The molecule has 2 N–H and O–H groups in total. The third-order valence-electron chi connectivity index (χ3n) is 3.99. The van der Waals surface area contributed by atoms with Crippen LogP contribution in [0.2, 0.25) is 0 Å². The van der Waals surface area contributed by atoms with E-state index in [0.717, 1.165) is 29.1 Å². The van der Waals surface area contributed by atoms with Gasteiger partial charge in [0.1, 0.15) is 5.52 Å². The average Bonchev–Trinajstić information content (AvgIpc) is 3.14. The maximum atomic E-state index is 11.4. The van der Waals surface area contributed by atoms with Crippen LogP contribution in [0, 0.1) is 0 Å². The fourth-order valence-electron chi connectivity index (χ4n) is 2.80. The molecule has 0 saturated carbocycles. The lowest BCUT2D eigenvalue weighted by atomic mass is 10.1. The van der Waals surface area contributed by atoms with Crippen LogP contribution in [0.4, 0.5) is 0 Å². The van der Waals surface area contributed by atoms with Gasteiger partial charge in [-0.05, 0) is 25.3 Å². The molecule has 0 bridgehead atoms. The van der Waals surface area contributed by atoms with Gasteiger partial charge in [0.15, 0.2) is 0 Å². The third-order valence-corrected chi connectivity index (χ3v) is 7.00. The van der Waals surface area contributed by atoms with Crippen LogP contribution in [0.5, 0.6) is 0 Å². The van der Waals surface area contributed by atoms with Crippen molar-refractivity contribution in [1.29, 1.82) is 0 Å². The predicted molar refractivity (Wildman–Crippen MR) is 95.2 cm³/mol. The quantitative estimate of drug-likeness (QED) is 0.617. The van der Waals surface area contributed by atoms with Crippen molar-refractivity contribution in [2.45, 2.75) is 43.9 Å². The fraction of sp³-hybridized carbons (Fsp3) is 0.500. The Kier molecular flexibility index (Phi) is 5.31. The molecule has 1 saturated heterocycles. The number of amides is 1. The van der Waals surface area contributed by atoms with Crippen LogP contribution in [-0.4, -0.2) is 26.7 Å². The number of fused-ring (bicyclic) bond motifs is 1. The lowest BCUT2D eigenvalue weighted by Gasteiger charge is -2.06. The molecule has 1 aliphatic rings. The Morgan fingerprint density at radius 2 is 2.27 bits per heavy atom. The second kappa shape index (κ2) is 7.42. The van der Waals surface area contributed by atoms with E-state index in [1.807, 2.05) is 33.8 Å². The number of hydrogen-bond acceptors (Lipinski definition) is 4. The smallest absolute Gasteiger partial charge is 0.250 e. The maximum absolute atomic E-state index is 11.4. The van der Waals surface area contributed by atoms with Gasteiger partial charge in [-0.3, -0.25) is 9.48 Å². The maximum Gasteiger partial charge on any atom is 0.250 e. The fourth-order valence-corrected chi connectivity index (χ4v) is 5.82. The first-order chi connectivity index (χ1) is 10.7. The molecular formula is C16H21N3OS2. The SMILES string of the molecule is NC(=O)c1cccc2cn(CCCCCC3CCSS3)nc12. The topological polar surface area (TPSA) is 60.9 Å². The zero-order valence-electron chi connectivity index (χ0n) is 12.5. The van der Waals surface area contributed by atoms with Crippen LogP contribution in [0.25, 0.3) is 10.9 Å². The largest absolute Gasteiger partial charge is 0.366 e. The van der Waals surface area contributed by atoms with E-state index in [1.165, 1.54) is 31.4 Å². The number of nitrogens with two attached hydrogens (primary N) is 1. The van der Waals surface area contributed by atoms with Crippen molar-refractivity contribution >= 4 is 38.4 Å². The van der Waals surface area contributed by atoms with Gasteiger partial charge in [0.25, 0.3) is 5.91 Å². The van der Waals surface area contributed by atoms with E-state index in [-0.39, 0.29) is 0 Å². The molecule has 0 radical (unpaired) electrons. The van der Waals surface area contributed by atoms with Crippen LogP contribution >= 0.6 is 21.6 Å². The van der Waals surface area contributed by atoms with Crippen molar-refractivity contribution in [3.05, 3.63) is 30.0 Å². The van der Waals surface area contributed by atoms with Crippen LogP contribution in [-0.2, 0) is 6.54 Å². The molecule has 1 aromatic heterocycles. The summed E-state index contributed by atoms with van der Waals surface area (Å²) in [5.41, 5.74) is 6.62. The summed E-state index contributed by atoms with van der Waals surface area (Å²) >= 11 is 0. The van der Waals surface area contributed by atoms with E-state index < -0.39 is 5.91 Å². The summed E-state index contributed by atoms with van der Waals surface area (Å²) in [7, 11) is 4.07. The number of benzene rings is 1. The molecule has 22 heavy (non-hydrogen) atoms. The number of carbonyl (C=O) groups excluding carboxylic acids is 1. The van der Waals surface area contributed by atoms with Crippen molar-refractivity contribution in [2.24, 2.45) is 5.73 Å². The first-order valence-electron chi connectivity index (χ1n) is 7.78. The van der Waals surface area contributed by atoms with Crippen molar-refractivity contribution in [3.63, 3.8) is 0 Å². The van der Waals surface area contributed by atoms with Gasteiger partial charge in [-0.1, -0.05) is 46.6 Å². The Bertz CT molecular complexity index is 650. The Balaban J connectivity index is 1.51. The molecule has 6 heteroatoms. The minimum atomic E-state index is -0.414. The monoisotopic (exact) mass is 335 g/mol. The number of hydrogen-bond donors (Lipinski definition) is 1. The lowest BCUT2D eigenvalue weighted by Crippen LogP contribution is -2.11. The number of unbranched alkanes of at least 4 members (excludes halogenated alkanes) is 2. The summed E-state index contributed by atoms with van der Waals surface area (Å²) in [6.07, 6.45) is 8.38. The number of primary amides is 1. The highest BCUT2D eigenvalue weighted by Gasteiger charge is 2.15. The van der Waals surface area contributed by atoms with E-state index >= 15 is 0 Å². The normalized spacial score (nSPS) is 18.1. The number of rotatable bonds is 7. The van der Waals surface area contributed by atoms with Crippen molar-refractivity contribution in [2.75, 3.05) is 5.75 Å². The Hall–Kier alpha value is -1.14. The van der Waals surface area contributed by atoms with Gasteiger partial charge < -0.3 is 5.73 Å². The third kappa shape index (κ3) is 3.79. The molecule has 1 unspecified atom stereocenters. The summed E-state index contributed by atoms with van der Waals surface area (Å²) in [5, 5.41) is 6.37. The summed E-state index contributed by atoms with van der Waals surface area (Å²) < 4.78 is 1.94. The number of carbonyl (C=O) groups is 1. The van der Waals surface area contributed by atoms with E-state index in [9.17, 15) is 4.79 Å². The Morgan fingerprint density at radius 3 is 3.05 bits per heavy atom. The molecule has 118 valence electrons. The second-order valence-corrected chi connectivity index (χ2v) is 8.47. The summed E-state index contributed by atoms with van der Waals surface area (Å²) in [5.74, 6) is 0.903. The highest BCUT2D eigenvalue weighted by Crippen LogP contribution is 2.39. The highest BCUT2D eigenvalue weighted by atomic mass is 33.1. The van der Waals surface area contributed by atoms with E-state index in [1.54, 1.807) is 6.07 Å². The molecule has 1 amide bonds. The standard InChI is InChI=1S/C16H21N3OS2/c17-16(20)14-7-4-5-12-11-19(18-15(12)14)9-3-1-2-6-13-8-10-21-22-13/h4-5,7,11,13H,1-3,6,8-10H2,(H2,17,20). The van der Waals surface area contributed by atoms with Gasteiger partial charge in [0.05, 0.1) is 5.56 Å². The highest BCUT2D eigenvalue weighted by molar-refractivity contribution is 8.77. The Labute approximate surface area is 138 Å². The van der Waals surface area contributed by atoms with Gasteiger partial charge in [-0.15, -0.1) is 0 Å². The van der Waals surface area contributed by atoms with Crippen LogP contribution in [0.15, 0.2) is 24.4 Å². The molecular weight excluding hydrogens is 314 g/mol. The summed E-state index contributed by atoms with van der Waals surface area (Å²) in [6, 6.07) is 5.56. The van der Waals surface area contributed by atoms with E-state index in [0.29, 0.717) is 5.56 Å².